The molecule has 0 spiro atoms. The molecule has 0 bridgehead atoms. The lowest BCUT2D eigenvalue weighted by Crippen LogP contribution is -2.59. The normalized spacial score (nSPS) is 18.0. The van der Waals surface area contributed by atoms with Crippen molar-refractivity contribution in [3.05, 3.63) is 0 Å². The average Bonchev–Trinajstić information content (AvgIpc) is 1.96. The van der Waals surface area contributed by atoms with Crippen molar-refractivity contribution in [3.63, 3.8) is 0 Å². The van der Waals surface area contributed by atoms with E-state index in [1.807, 2.05) is 0 Å². The van der Waals surface area contributed by atoms with Gasteiger partial charge >= 0.3 is 0 Å². The summed E-state index contributed by atoms with van der Waals surface area (Å²) >= 11 is 0. The highest BCUT2D eigenvalue weighted by molar-refractivity contribution is 5.04. The Morgan fingerprint density at radius 2 is 1.00 bits per heavy atom. The third-order valence-electron chi connectivity index (χ3n) is 3.63. The fourth-order valence-electron chi connectivity index (χ4n) is 2.84. The zero-order chi connectivity index (χ0) is 14.1. The predicted molar refractivity (Wildman–Crippen MR) is 67.6 cm³/mol. The first-order valence-corrected chi connectivity index (χ1v) is 6.14. The quantitative estimate of drug-likeness (QED) is 0.566. The van der Waals surface area contributed by atoms with Crippen LogP contribution in [0.3, 0.4) is 0 Å². The molecule has 0 aromatic rings. The molecule has 0 aliphatic carbocycles. The van der Waals surface area contributed by atoms with Crippen LogP contribution in [0.25, 0.3) is 0 Å². The molecule has 0 rings (SSSR count). The standard InChI is InChI=1S/C13H28O4/c1-9(14)7-13(8-10(2)15,11(3,4)16)12(5,6)17/h9-10,14-17H,7-8H2,1-6H3. The van der Waals surface area contributed by atoms with Crippen LogP contribution in [0.15, 0.2) is 0 Å². The third kappa shape index (κ3) is 3.91. The lowest BCUT2D eigenvalue weighted by molar-refractivity contribution is -0.194. The van der Waals surface area contributed by atoms with Gasteiger partial charge in [-0.2, -0.15) is 0 Å². The van der Waals surface area contributed by atoms with Gasteiger partial charge in [-0.15, -0.1) is 0 Å². The van der Waals surface area contributed by atoms with Crippen molar-refractivity contribution in [2.45, 2.75) is 77.8 Å². The summed E-state index contributed by atoms with van der Waals surface area (Å²) < 4.78 is 0. The minimum absolute atomic E-state index is 0.227. The van der Waals surface area contributed by atoms with Crippen LogP contribution < -0.4 is 0 Å². The maximum absolute atomic E-state index is 10.4. The van der Waals surface area contributed by atoms with Crippen LogP contribution >= 0.6 is 0 Å². The SMILES string of the molecule is CC(O)CC(CC(C)O)(C(C)(C)O)C(C)(C)O. The summed E-state index contributed by atoms with van der Waals surface area (Å²) in [5.41, 5.74) is -3.39. The largest absolute Gasteiger partial charge is 0.393 e. The Hall–Kier alpha value is -0.160. The van der Waals surface area contributed by atoms with Gasteiger partial charge in [0.15, 0.2) is 0 Å². The summed E-state index contributed by atoms with van der Waals surface area (Å²) in [4.78, 5) is 0. The van der Waals surface area contributed by atoms with Gasteiger partial charge < -0.3 is 20.4 Å². The van der Waals surface area contributed by atoms with E-state index in [2.05, 4.69) is 0 Å². The molecule has 0 aliphatic rings. The van der Waals surface area contributed by atoms with Crippen LogP contribution in [-0.2, 0) is 0 Å². The lowest BCUT2D eigenvalue weighted by atomic mass is 9.58. The van der Waals surface area contributed by atoms with Gasteiger partial charge in [0.25, 0.3) is 0 Å². The molecule has 0 aromatic carbocycles. The van der Waals surface area contributed by atoms with E-state index in [1.54, 1.807) is 41.5 Å². The highest BCUT2D eigenvalue weighted by Crippen LogP contribution is 2.48. The summed E-state index contributed by atoms with van der Waals surface area (Å²) in [6.45, 7) is 9.67. The monoisotopic (exact) mass is 248 g/mol. The first kappa shape index (κ1) is 16.8. The smallest absolute Gasteiger partial charge is 0.0676 e. The molecule has 0 saturated carbocycles. The van der Waals surface area contributed by atoms with Crippen molar-refractivity contribution in [2.75, 3.05) is 0 Å². The van der Waals surface area contributed by atoms with Crippen molar-refractivity contribution in [1.82, 2.24) is 0 Å². The molecule has 104 valence electrons. The van der Waals surface area contributed by atoms with Crippen LogP contribution in [0, 0.1) is 5.41 Å². The van der Waals surface area contributed by atoms with E-state index in [1.165, 1.54) is 0 Å². The molecular formula is C13H28O4. The topological polar surface area (TPSA) is 80.9 Å². The van der Waals surface area contributed by atoms with Crippen LogP contribution in [0.2, 0.25) is 0 Å². The summed E-state index contributed by atoms with van der Waals surface area (Å²) in [6, 6.07) is 0. The highest BCUT2D eigenvalue weighted by Gasteiger charge is 2.54. The maximum atomic E-state index is 10.4. The number of aliphatic hydroxyl groups excluding tert-OH is 2. The van der Waals surface area contributed by atoms with Crippen molar-refractivity contribution < 1.29 is 20.4 Å². The maximum Gasteiger partial charge on any atom is 0.0676 e. The molecule has 0 heterocycles. The van der Waals surface area contributed by atoms with Crippen molar-refractivity contribution in [1.29, 1.82) is 0 Å². The Labute approximate surface area is 104 Å². The first-order valence-electron chi connectivity index (χ1n) is 6.14. The fraction of sp³-hybridized carbons (Fsp3) is 1.00. The minimum atomic E-state index is -1.21. The number of rotatable bonds is 6. The second-order valence-electron chi connectivity index (χ2n) is 6.31. The molecule has 4 nitrogen and oxygen atoms in total. The van der Waals surface area contributed by atoms with E-state index in [9.17, 15) is 20.4 Å². The molecule has 2 unspecified atom stereocenters. The Morgan fingerprint density at radius 3 is 1.12 bits per heavy atom. The summed E-state index contributed by atoms with van der Waals surface area (Å²) in [5, 5.41) is 40.0. The molecule has 0 fully saturated rings. The van der Waals surface area contributed by atoms with Crippen LogP contribution in [-0.4, -0.2) is 43.8 Å². The van der Waals surface area contributed by atoms with Gasteiger partial charge in [-0.3, -0.25) is 0 Å². The first-order chi connectivity index (χ1) is 7.33. The van der Waals surface area contributed by atoms with Crippen LogP contribution in [0.1, 0.15) is 54.4 Å². The Balaban J connectivity index is 5.55. The zero-order valence-electron chi connectivity index (χ0n) is 11.9. The second-order valence-corrected chi connectivity index (χ2v) is 6.31. The molecule has 0 saturated heterocycles. The zero-order valence-corrected chi connectivity index (χ0v) is 11.9. The molecular weight excluding hydrogens is 220 g/mol. The van der Waals surface area contributed by atoms with E-state index >= 15 is 0 Å². The molecule has 0 aliphatic heterocycles. The van der Waals surface area contributed by atoms with Gasteiger partial charge in [0.1, 0.15) is 0 Å². The van der Waals surface area contributed by atoms with Gasteiger partial charge in [-0.25, -0.2) is 0 Å². The van der Waals surface area contributed by atoms with Gasteiger partial charge in [0.05, 0.1) is 23.4 Å². The number of hydrogen-bond acceptors (Lipinski definition) is 4. The van der Waals surface area contributed by atoms with Crippen molar-refractivity contribution >= 4 is 0 Å². The van der Waals surface area contributed by atoms with Crippen molar-refractivity contribution in [3.8, 4) is 0 Å². The van der Waals surface area contributed by atoms with Gasteiger partial charge in [0, 0.05) is 5.41 Å². The van der Waals surface area contributed by atoms with Gasteiger partial charge in [-0.1, -0.05) is 0 Å². The van der Waals surface area contributed by atoms with Gasteiger partial charge in [0.2, 0.25) is 0 Å². The Morgan fingerprint density at radius 1 is 0.765 bits per heavy atom. The predicted octanol–water partition coefficient (Wildman–Crippen LogP) is 1.06. The van der Waals surface area contributed by atoms with Crippen LogP contribution in [0.4, 0.5) is 0 Å². The molecule has 4 N–H and O–H groups in total. The van der Waals surface area contributed by atoms with E-state index < -0.39 is 28.8 Å². The minimum Gasteiger partial charge on any atom is -0.393 e. The summed E-state index contributed by atoms with van der Waals surface area (Å²) in [6.07, 6.45) is -0.867. The van der Waals surface area contributed by atoms with Gasteiger partial charge in [-0.05, 0) is 54.4 Å². The molecule has 4 heteroatoms. The third-order valence-corrected chi connectivity index (χ3v) is 3.63. The highest BCUT2D eigenvalue weighted by atomic mass is 16.3. The molecule has 0 radical (unpaired) electrons. The van der Waals surface area contributed by atoms with E-state index in [0.29, 0.717) is 0 Å². The molecule has 17 heavy (non-hydrogen) atoms. The van der Waals surface area contributed by atoms with Crippen LogP contribution in [0.5, 0.6) is 0 Å². The Kier molecular flexibility index (Phi) is 5.18. The van der Waals surface area contributed by atoms with E-state index in [-0.39, 0.29) is 12.8 Å². The van der Waals surface area contributed by atoms with E-state index in [0.717, 1.165) is 0 Å². The molecule has 2 atom stereocenters. The number of aliphatic hydroxyl groups is 4. The lowest BCUT2D eigenvalue weighted by Gasteiger charge is -2.52. The second kappa shape index (κ2) is 5.22. The fourth-order valence-corrected chi connectivity index (χ4v) is 2.84. The molecule has 0 aromatic heterocycles. The summed E-state index contributed by atoms with van der Waals surface area (Å²) in [5.74, 6) is 0. The molecule has 0 amide bonds. The van der Waals surface area contributed by atoms with Crippen molar-refractivity contribution in [2.24, 2.45) is 5.41 Å². The summed E-state index contributed by atoms with van der Waals surface area (Å²) in [7, 11) is 0. The number of hydrogen-bond donors (Lipinski definition) is 4. The average molecular weight is 248 g/mol. The van der Waals surface area contributed by atoms with E-state index in [4.69, 9.17) is 0 Å². The Bertz CT molecular complexity index is 207.